The van der Waals surface area contributed by atoms with Gasteiger partial charge < -0.3 is 10.6 Å². The van der Waals surface area contributed by atoms with Gasteiger partial charge in [0.1, 0.15) is 5.82 Å². The van der Waals surface area contributed by atoms with Gasteiger partial charge in [-0.2, -0.15) is 5.10 Å². The van der Waals surface area contributed by atoms with Gasteiger partial charge in [-0.25, -0.2) is 4.39 Å². The fourth-order valence-corrected chi connectivity index (χ4v) is 2.24. The molecule has 0 spiro atoms. The van der Waals surface area contributed by atoms with Crippen LogP contribution in [0.1, 0.15) is 29.7 Å². The van der Waals surface area contributed by atoms with Crippen LogP contribution in [-0.4, -0.2) is 29.3 Å². The first-order chi connectivity index (χ1) is 11.0. The van der Waals surface area contributed by atoms with Gasteiger partial charge in [0, 0.05) is 19.8 Å². The molecule has 0 saturated heterocycles. The number of rotatable bonds is 5. The van der Waals surface area contributed by atoms with Gasteiger partial charge in [0.05, 0.1) is 18.8 Å². The van der Waals surface area contributed by atoms with E-state index < -0.39 is 0 Å². The summed E-state index contributed by atoms with van der Waals surface area (Å²) < 4.78 is 15.6. The van der Waals surface area contributed by atoms with Crippen LogP contribution in [-0.2, 0) is 6.54 Å². The average Bonchev–Trinajstić information content (AvgIpc) is 2.94. The summed E-state index contributed by atoms with van der Waals surface area (Å²) in [6.07, 6.45) is 3.83. The predicted molar refractivity (Wildman–Crippen MR) is 91.0 cm³/mol. The summed E-state index contributed by atoms with van der Waals surface area (Å²) in [4.78, 5) is 4.20. The first-order valence-electron chi connectivity index (χ1n) is 7.72. The summed E-state index contributed by atoms with van der Waals surface area (Å²) in [5.74, 6) is 0.496. The highest BCUT2D eigenvalue weighted by Crippen LogP contribution is 2.16. The highest BCUT2D eigenvalue weighted by Gasteiger charge is 2.09. The van der Waals surface area contributed by atoms with E-state index in [1.165, 1.54) is 0 Å². The number of hydrogen-bond acceptors (Lipinski definition) is 2. The summed E-state index contributed by atoms with van der Waals surface area (Å²) >= 11 is 0. The van der Waals surface area contributed by atoms with Crippen molar-refractivity contribution in [1.82, 2.24) is 20.4 Å². The van der Waals surface area contributed by atoms with Gasteiger partial charge in [-0.15, -0.1) is 0 Å². The first kappa shape index (κ1) is 17.0. The third-order valence-electron chi connectivity index (χ3n) is 3.67. The van der Waals surface area contributed by atoms with Crippen molar-refractivity contribution in [3.05, 3.63) is 53.1 Å². The monoisotopic (exact) mass is 317 g/mol. The molecule has 1 unspecified atom stereocenters. The van der Waals surface area contributed by atoms with Gasteiger partial charge in [-0.05, 0) is 43.5 Å². The SMILES string of the molecule is CN=C(NCCn1cc(C)cn1)NC(C)c1ccc(C)c(F)c1. The van der Waals surface area contributed by atoms with Crippen molar-refractivity contribution in [2.24, 2.45) is 4.99 Å². The Morgan fingerprint density at radius 1 is 1.39 bits per heavy atom. The molecule has 0 fully saturated rings. The maximum Gasteiger partial charge on any atom is 0.191 e. The number of hydrogen-bond donors (Lipinski definition) is 2. The van der Waals surface area contributed by atoms with Crippen LogP contribution in [0.4, 0.5) is 4.39 Å². The zero-order valence-electron chi connectivity index (χ0n) is 14.1. The number of aromatic nitrogens is 2. The van der Waals surface area contributed by atoms with Crippen molar-refractivity contribution in [2.45, 2.75) is 33.4 Å². The minimum absolute atomic E-state index is 0.0387. The van der Waals surface area contributed by atoms with Crippen LogP contribution in [0.3, 0.4) is 0 Å². The van der Waals surface area contributed by atoms with E-state index in [0.717, 1.165) is 17.7 Å². The predicted octanol–water partition coefficient (Wildman–Crippen LogP) is 2.57. The minimum atomic E-state index is -0.187. The fraction of sp³-hybridized carbons (Fsp3) is 0.412. The summed E-state index contributed by atoms with van der Waals surface area (Å²) in [5.41, 5.74) is 2.68. The van der Waals surface area contributed by atoms with E-state index in [4.69, 9.17) is 0 Å². The normalized spacial score (nSPS) is 13.0. The van der Waals surface area contributed by atoms with Crippen molar-refractivity contribution in [2.75, 3.05) is 13.6 Å². The third-order valence-corrected chi connectivity index (χ3v) is 3.67. The van der Waals surface area contributed by atoms with E-state index in [0.29, 0.717) is 18.1 Å². The number of benzene rings is 1. The van der Waals surface area contributed by atoms with Gasteiger partial charge in [0.15, 0.2) is 5.96 Å². The minimum Gasteiger partial charge on any atom is -0.355 e. The van der Waals surface area contributed by atoms with E-state index in [9.17, 15) is 4.39 Å². The first-order valence-corrected chi connectivity index (χ1v) is 7.72. The second-order valence-corrected chi connectivity index (χ2v) is 5.65. The number of guanidine groups is 1. The molecular formula is C17H24FN5. The number of nitrogens with one attached hydrogen (secondary N) is 2. The molecule has 0 aliphatic heterocycles. The molecule has 0 saturated carbocycles. The lowest BCUT2D eigenvalue weighted by molar-refractivity contribution is 0.587. The molecule has 1 aromatic carbocycles. The molecule has 2 rings (SSSR count). The molecule has 2 aromatic rings. The summed E-state index contributed by atoms with van der Waals surface area (Å²) in [6, 6.07) is 5.24. The molecule has 6 heteroatoms. The van der Waals surface area contributed by atoms with E-state index in [1.807, 2.05) is 37.0 Å². The van der Waals surface area contributed by atoms with Crippen molar-refractivity contribution in [3.8, 4) is 0 Å². The fourth-order valence-electron chi connectivity index (χ4n) is 2.24. The van der Waals surface area contributed by atoms with Gasteiger partial charge in [0.2, 0.25) is 0 Å². The Hall–Kier alpha value is -2.37. The number of halogens is 1. The second-order valence-electron chi connectivity index (χ2n) is 5.65. The van der Waals surface area contributed by atoms with Crippen molar-refractivity contribution in [3.63, 3.8) is 0 Å². The van der Waals surface area contributed by atoms with Crippen molar-refractivity contribution >= 4 is 5.96 Å². The Morgan fingerprint density at radius 3 is 2.78 bits per heavy atom. The summed E-state index contributed by atoms with van der Waals surface area (Å²) in [7, 11) is 1.72. The topological polar surface area (TPSA) is 54.2 Å². The van der Waals surface area contributed by atoms with E-state index in [1.54, 1.807) is 26.1 Å². The van der Waals surface area contributed by atoms with Crippen LogP contribution in [0.2, 0.25) is 0 Å². The molecule has 0 radical (unpaired) electrons. The summed E-state index contributed by atoms with van der Waals surface area (Å²) in [6.45, 7) is 7.21. The highest BCUT2D eigenvalue weighted by atomic mass is 19.1. The third kappa shape index (κ3) is 4.81. The molecule has 0 amide bonds. The molecule has 1 heterocycles. The summed E-state index contributed by atoms with van der Waals surface area (Å²) in [5, 5.41) is 10.7. The van der Waals surface area contributed by atoms with E-state index in [2.05, 4.69) is 20.7 Å². The van der Waals surface area contributed by atoms with Crippen LogP contribution in [0.15, 0.2) is 35.6 Å². The number of nitrogens with zero attached hydrogens (tertiary/aromatic N) is 3. The standard InChI is InChI=1S/C17H24FN5/c1-12-10-21-23(11-12)8-7-20-17(19-4)22-14(3)15-6-5-13(2)16(18)9-15/h5-6,9-11,14H,7-8H2,1-4H3,(H2,19,20,22). The molecule has 1 atom stereocenters. The van der Waals surface area contributed by atoms with Gasteiger partial charge in [-0.1, -0.05) is 12.1 Å². The molecule has 0 aliphatic carbocycles. The Balaban J connectivity index is 1.87. The highest BCUT2D eigenvalue weighted by molar-refractivity contribution is 5.80. The quantitative estimate of drug-likeness (QED) is 0.658. The maximum absolute atomic E-state index is 13.7. The maximum atomic E-state index is 13.7. The van der Waals surface area contributed by atoms with Crippen LogP contribution in [0.5, 0.6) is 0 Å². The molecule has 124 valence electrons. The Bertz CT molecular complexity index is 677. The van der Waals surface area contributed by atoms with E-state index in [-0.39, 0.29) is 11.9 Å². The van der Waals surface area contributed by atoms with Crippen LogP contribution < -0.4 is 10.6 Å². The lowest BCUT2D eigenvalue weighted by Gasteiger charge is -2.18. The second kappa shape index (κ2) is 7.76. The zero-order valence-corrected chi connectivity index (χ0v) is 14.1. The molecule has 2 N–H and O–H groups in total. The zero-order chi connectivity index (χ0) is 16.8. The molecule has 0 aliphatic rings. The number of aryl methyl sites for hydroxylation is 2. The molecule has 1 aromatic heterocycles. The van der Waals surface area contributed by atoms with Gasteiger partial charge in [0.25, 0.3) is 0 Å². The molecular weight excluding hydrogens is 293 g/mol. The number of aliphatic imine (C=N–C) groups is 1. The Morgan fingerprint density at radius 2 is 2.17 bits per heavy atom. The average molecular weight is 317 g/mol. The van der Waals surface area contributed by atoms with Crippen LogP contribution in [0, 0.1) is 19.7 Å². The Labute approximate surface area is 136 Å². The van der Waals surface area contributed by atoms with Crippen LogP contribution >= 0.6 is 0 Å². The Kier molecular flexibility index (Phi) is 5.73. The molecule has 23 heavy (non-hydrogen) atoms. The van der Waals surface area contributed by atoms with Crippen LogP contribution in [0.25, 0.3) is 0 Å². The van der Waals surface area contributed by atoms with E-state index >= 15 is 0 Å². The molecule has 5 nitrogen and oxygen atoms in total. The lowest BCUT2D eigenvalue weighted by atomic mass is 10.1. The molecule has 0 bridgehead atoms. The largest absolute Gasteiger partial charge is 0.355 e. The van der Waals surface area contributed by atoms with Crippen molar-refractivity contribution in [1.29, 1.82) is 0 Å². The smallest absolute Gasteiger partial charge is 0.191 e. The van der Waals surface area contributed by atoms with Gasteiger partial charge >= 0.3 is 0 Å². The van der Waals surface area contributed by atoms with Gasteiger partial charge in [-0.3, -0.25) is 9.67 Å². The van der Waals surface area contributed by atoms with Crippen molar-refractivity contribution < 1.29 is 4.39 Å². The lowest BCUT2D eigenvalue weighted by Crippen LogP contribution is -2.40.